The molecule has 15 nitrogen and oxygen atoms in total. The first-order valence-corrected chi connectivity index (χ1v) is 24.0. The Kier molecular flexibility index (Phi) is 11.9. The topological polar surface area (TPSA) is 181 Å². The van der Waals surface area contributed by atoms with E-state index in [1.807, 2.05) is 41.3 Å². The van der Waals surface area contributed by atoms with Crippen molar-refractivity contribution in [3.8, 4) is 5.88 Å². The number of benzene rings is 3. The highest BCUT2D eigenvalue weighted by Gasteiger charge is 2.42. The number of aromatic nitrogens is 2. The Hall–Kier alpha value is -5.78. The summed E-state index contributed by atoms with van der Waals surface area (Å²) in [6.07, 6.45) is 9.60. The predicted octanol–water partition coefficient (Wildman–Crippen LogP) is 8.36. The molecule has 6 heterocycles. The number of nitro groups is 1. The summed E-state index contributed by atoms with van der Waals surface area (Å²) in [5, 5.41) is 16.9. The summed E-state index contributed by atoms with van der Waals surface area (Å²) in [5.74, 6) is -0.225. The monoisotopic (exact) mass is 919 g/mol. The Bertz CT molecular complexity index is 2840. The summed E-state index contributed by atoms with van der Waals surface area (Å²) in [5.41, 5.74) is 8.00. The quantitative estimate of drug-likeness (QED) is 0.0805. The zero-order valence-electron chi connectivity index (χ0n) is 35.8. The maximum atomic E-state index is 14.3. The number of aromatic amines is 1. The summed E-state index contributed by atoms with van der Waals surface area (Å²) < 4.78 is 47.1. The molecule has 4 aliphatic heterocycles. The summed E-state index contributed by atoms with van der Waals surface area (Å²) in [7, 11) is -4.56. The van der Waals surface area contributed by atoms with Gasteiger partial charge in [-0.05, 0) is 115 Å². The molecule has 0 saturated carbocycles. The molecule has 3 aromatic carbocycles. The van der Waals surface area contributed by atoms with Gasteiger partial charge in [0, 0.05) is 67.5 Å². The highest BCUT2D eigenvalue weighted by atomic mass is 35.5. The van der Waals surface area contributed by atoms with Gasteiger partial charge in [-0.15, -0.1) is 0 Å². The van der Waals surface area contributed by atoms with Gasteiger partial charge in [0.2, 0.25) is 5.88 Å². The number of amides is 1. The van der Waals surface area contributed by atoms with Crippen molar-refractivity contribution in [3.63, 3.8) is 0 Å². The number of nitrogens with one attached hydrogen (secondary N) is 3. The number of fused-ring (bicyclic) bond motifs is 2. The van der Waals surface area contributed by atoms with E-state index in [4.69, 9.17) is 30.8 Å². The number of anilines is 3. The molecule has 0 radical (unpaired) electrons. The van der Waals surface area contributed by atoms with Crippen molar-refractivity contribution in [3.05, 3.63) is 122 Å². The zero-order valence-corrected chi connectivity index (χ0v) is 37.4. The molecule has 10 rings (SSSR count). The number of nitrogens with zero attached hydrogens (tertiary/aromatic N) is 4. The van der Waals surface area contributed by atoms with Crippen LogP contribution in [-0.2, 0) is 19.5 Å². The predicted molar refractivity (Wildman–Crippen MR) is 249 cm³/mol. The van der Waals surface area contributed by atoms with Gasteiger partial charge in [0.05, 0.1) is 40.8 Å². The highest BCUT2D eigenvalue weighted by molar-refractivity contribution is 7.90. The molecule has 1 aliphatic carbocycles. The Morgan fingerprint density at radius 3 is 2.52 bits per heavy atom. The minimum atomic E-state index is -4.56. The van der Waals surface area contributed by atoms with E-state index in [2.05, 4.69) is 38.1 Å². The van der Waals surface area contributed by atoms with Crippen molar-refractivity contribution in [1.82, 2.24) is 19.6 Å². The zero-order chi connectivity index (χ0) is 44.7. The van der Waals surface area contributed by atoms with Gasteiger partial charge in [-0.2, -0.15) is 4.98 Å². The number of ether oxygens (including phenoxy) is 3. The SMILES string of the molecule is O=C(NS(=O)(=O)c1ccc(NCC2CCOCC2)c([N+](=O)[O-])c1)c1ccc(C2=CCN(CC3=C(c4ccc(Cl)cc4)CC4(CC3)COC4)CC2)cc1N1CCOc2nc3[nH]ccc3cc21. The number of hydrogen-bond donors (Lipinski definition) is 3. The Balaban J connectivity index is 0.928. The van der Waals surface area contributed by atoms with Crippen LogP contribution in [0.25, 0.3) is 22.2 Å². The van der Waals surface area contributed by atoms with Crippen LogP contribution in [0.4, 0.5) is 22.7 Å². The van der Waals surface area contributed by atoms with Gasteiger partial charge >= 0.3 is 0 Å². The Morgan fingerprint density at radius 1 is 0.954 bits per heavy atom. The van der Waals surface area contributed by atoms with Crippen LogP contribution in [-0.4, -0.2) is 99.9 Å². The van der Waals surface area contributed by atoms with E-state index in [-0.39, 0.29) is 29.2 Å². The van der Waals surface area contributed by atoms with Crippen molar-refractivity contribution in [2.75, 3.05) is 76.0 Å². The molecule has 5 aliphatic rings. The van der Waals surface area contributed by atoms with E-state index in [1.54, 1.807) is 12.3 Å². The molecule has 338 valence electrons. The lowest BCUT2D eigenvalue weighted by Crippen LogP contribution is -2.45. The average molecular weight is 920 g/mol. The van der Waals surface area contributed by atoms with Gasteiger partial charge in [-0.3, -0.25) is 19.8 Å². The molecule has 17 heteroatoms. The average Bonchev–Trinajstić information content (AvgIpc) is 3.77. The van der Waals surface area contributed by atoms with Gasteiger partial charge in [0.15, 0.2) is 0 Å². The molecular formula is C48H50ClN7O8S. The second-order valence-electron chi connectivity index (χ2n) is 17.7. The van der Waals surface area contributed by atoms with Crippen LogP contribution >= 0.6 is 11.6 Å². The van der Waals surface area contributed by atoms with E-state index in [0.29, 0.717) is 49.2 Å². The molecule has 5 aromatic rings. The second-order valence-corrected chi connectivity index (χ2v) is 19.9. The van der Waals surface area contributed by atoms with E-state index < -0.39 is 31.4 Å². The van der Waals surface area contributed by atoms with E-state index in [9.17, 15) is 23.3 Å². The molecule has 1 spiro atoms. The van der Waals surface area contributed by atoms with Crippen molar-refractivity contribution < 1.29 is 32.3 Å². The van der Waals surface area contributed by atoms with Crippen LogP contribution in [0.15, 0.2) is 95.5 Å². The Labute approximate surface area is 382 Å². The molecule has 3 N–H and O–H groups in total. The Morgan fingerprint density at radius 2 is 1.77 bits per heavy atom. The van der Waals surface area contributed by atoms with Crippen molar-refractivity contribution in [2.24, 2.45) is 11.3 Å². The summed E-state index contributed by atoms with van der Waals surface area (Å²) >= 11 is 6.28. The number of sulfonamides is 1. The smallest absolute Gasteiger partial charge is 0.293 e. The maximum Gasteiger partial charge on any atom is 0.293 e. The number of allylic oxidation sites excluding steroid dienone is 1. The lowest BCUT2D eigenvalue weighted by molar-refractivity contribution is -0.384. The number of rotatable bonds is 12. The molecule has 0 bridgehead atoms. The van der Waals surface area contributed by atoms with Crippen LogP contribution < -0.4 is 19.7 Å². The van der Waals surface area contributed by atoms with Crippen molar-refractivity contribution in [1.29, 1.82) is 0 Å². The van der Waals surface area contributed by atoms with Crippen LogP contribution in [0.1, 0.15) is 60.0 Å². The summed E-state index contributed by atoms with van der Waals surface area (Å²) in [6.45, 7) is 6.42. The number of hydrogen-bond acceptors (Lipinski definition) is 12. The maximum absolute atomic E-state index is 14.3. The third-order valence-electron chi connectivity index (χ3n) is 13.5. The van der Waals surface area contributed by atoms with E-state index in [0.717, 1.165) is 99.0 Å². The van der Waals surface area contributed by atoms with Crippen LogP contribution in [0.5, 0.6) is 5.88 Å². The van der Waals surface area contributed by atoms with E-state index >= 15 is 0 Å². The number of nitro benzene ring substituents is 1. The minimum Gasteiger partial charge on any atom is -0.474 e. The standard InChI is InChI=1S/C48H50ClN7O8S/c49-37-4-1-33(2-5-37)40-26-48(29-63-30-48)15-9-36(40)28-54-17-11-32(12-18-54)34-3-7-39(42(23-34)55-19-22-64-47-44(55)24-35-10-16-50-45(35)52-47)46(57)53-65(60,61)38-6-8-41(43(25-38)56(58)59)51-27-31-13-20-62-21-14-31/h1-8,10-11,16,23-25,31,51H,9,12-15,17-22,26-30H2,(H,50,52)(H,53,57). The largest absolute Gasteiger partial charge is 0.474 e. The van der Waals surface area contributed by atoms with Gasteiger partial charge < -0.3 is 29.4 Å². The fourth-order valence-corrected chi connectivity index (χ4v) is 10.8. The summed E-state index contributed by atoms with van der Waals surface area (Å²) in [6, 6.07) is 21.1. The van der Waals surface area contributed by atoms with Gasteiger partial charge in [0.1, 0.15) is 23.6 Å². The summed E-state index contributed by atoms with van der Waals surface area (Å²) in [4.78, 5) is 37.7. The number of carbonyl (C=O) groups excluding carboxylic acids is 1. The molecular weight excluding hydrogens is 870 g/mol. The number of H-pyrrole nitrogens is 1. The third kappa shape index (κ3) is 8.97. The number of carbonyl (C=O) groups is 1. The van der Waals surface area contributed by atoms with Crippen molar-refractivity contribution in [2.45, 2.75) is 43.4 Å². The van der Waals surface area contributed by atoms with Crippen LogP contribution in [0.3, 0.4) is 0 Å². The fourth-order valence-electron chi connectivity index (χ4n) is 9.74. The molecule has 1 amide bonds. The molecule has 0 unspecified atom stereocenters. The molecule has 2 aromatic heterocycles. The minimum absolute atomic E-state index is 0.107. The van der Waals surface area contributed by atoms with Crippen LogP contribution in [0.2, 0.25) is 5.02 Å². The van der Waals surface area contributed by atoms with E-state index in [1.165, 1.54) is 28.8 Å². The highest BCUT2D eigenvalue weighted by Crippen LogP contribution is 2.48. The number of halogens is 1. The molecule has 65 heavy (non-hydrogen) atoms. The fraction of sp³-hybridized carbons (Fsp3) is 0.375. The first-order chi connectivity index (χ1) is 31.5. The first-order valence-electron chi connectivity index (χ1n) is 22.2. The van der Waals surface area contributed by atoms with Gasteiger partial charge in [0.25, 0.3) is 21.6 Å². The molecule has 2 fully saturated rings. The normalized spacial score (nSPS) is 19.0. The lowest BCUT2D eigenvalue weighted by atomic mass is 9.68. The third-order valence-corrected chi connectivity index (χ3v) is 15.1. The second kappa shape index (κ2) is 17.9. The van der Waals surface area contributed by atoms with Gasteiger partial charge in [-0.1, -0.05) is 41.4 Å². The molecule has 2 saturated heterocycles. The first kappa shape index (κ1) is 43.1. The molecule has 0 atom stereocenters. The van der Waals surface area contributed by atoms with Crippen molar-refractivity contribution >= 4 is 72.5 Å². The number of pyridine rings is 1. The lowest BCUT2D eigenvalue weighted by Gasteiger charge is -2.46. The van der Waals surface area contributed by atoms with Crippen LogP contribution in [0, 0.1) is 21.4 Å². The van der Waals surface area contributed by atoms with Gasteiger partial charge in [-0.25, -0.2) is 13.1 Å².